The molecule has 3 heterocycles. The summed E-state index contributed by atoms with van der Waals surface area (Å²) in [7, 11) is 0. The number of rotatable bonds is 2. The van der Waals surface area contributed by atoms with Gasteiger partial charge in [-0.25, -0.2) is 4.98 Å². The zero-order valence-corrected chi connectivity index (χ0v) is 11.5. The molecule has 104 valence electrons. The van der Waals surface area contributed by atoms with E-state index in [-0.39, 0.29) is 5.43 Å². The number of hydrogen-bond acceptors (Lipinski definition) is 4. The maximum atomic E-state index is 11.6. The summed E-state index contributed by atoms with van der Waals surface area (Å²) in [5.74, 6) is 1.26. The number of nitrogens with one attached hydrogen (secondary N) is 1. The molecule has 1 aliphatic rings. The van der Waals surface area contributed by atoms with E-state index in [0.29, 0.717) is 5.92 Å². The van der Waals surface area contributed by atoms with Crippen molar-refractivity contribution in [3.8, 4) is 0 Å². The predicted molar refractivity (Wildman–Crippen MR) is 78.0 cm³/mol. The number of nitrogens with zero attached hydrogens (tertiary/aromatic N) is 3. The van der Waals surface area contributed by atoms with Crippen molar-refractivity contribution < 1.29 is 0 Å². The van der Waals surface area contributed by atoms with Crippen molar-refractivity contribution in [1.29, 1.82) is 0 Å². The van der Waals surface area contributed by atoms with Crippen molar-refractivity contribution >= 4 is 5.82 Å². The normalized spacial score (nSPS) is 19.1. The summed E-state index contributed by atoms with van der Waals surface area (Å²) in [4.78, 5) is 25.7. The van der Waals surface area contributed by atoms with Crippen molar-refractivity contribution in [2.75, 3.05) is 18.0 Å². The van der Waals surface area contributed by atoms with Gasteiger partial charge in [0.2, 0.25) is 0 Å². The zero-order valence-electron chi connectivity index (χ0n) is 11.5. The van der Waals surface area contributed by atoms with Crippen molar-refractivity contribution in [2.45, 2.75) is 25.7 Å². The minimum absolute atomic E-state index is 0.0767. The Morgan fingerprint density at radius 1 is 1.35 bits per heavy atom. The van der Waals surface area contributed by atoms with E-state index < -0.39 is 0 Å². The fourth-order valence-electron chi connectivity index (χ4n) is 2.82. The van der Waals surface area contributed by atoms with Crippen molar-refractivity contribution in [3.05, 3.63) is 52.3 Å². The monoisotopic (exact) mass is 270 g/mol. The molecule has 3 rings (SSSR count). The average molecular weight is 270 g/mol. The van der Waals surface area contributed by atoms with Gasteiger partial charge in [0.05, 0.1) is 6.20 Å². The lowest BCUT2D eigenvalue weighted by molar-refractivity contribution is 0.497. The Kier molecular flexibility index (Phi) is 3.50. The van der Waals surface area contributed by atoms with Gasteiger partial charge in [0.1, 0.15) is 5.82 Å². The van der Waals surface area contributed by atoms with E-state index in [1.807, 2.05) is 6.92 Å². The van der Waals surface area contributed by atoms with Crippen LogP contribution in [0.25, 0.3) is 0 Å². The molecule has 0 amide bonds. The number of hydrogen-bond donors (Lipinski definition) is 1. The summed E-state index contributed by atoms with van der Waals surface area (Å²) in [5.41, 5.74) is 2.03. The Bertz CT molecular complexity index is 638. The lowest BCUT2D eigenvalue weighted by Gasteiger charge is -2.33. The molecule has 1 atom stereocenters. The van der Waals surface area contributed by atoms with Gasteiger partial charge in [-0.1, -0.05) is 0 Å². The smallest absolute Gasteiger partial charge is 0.182 e. The number of anilines is 1. The second-order valence-corrected chi connectivity index (χ2v) is 5.30. The number of pyridine rings is 1. The second-order valence-electron chi connectivity index (χ2n) is 5.30. The van der Waals surface area contributed by atoms with E-state index in [0.717, 1.165) is 43.1 Å². The minimum Gasteiger partial charge on any atom is -0.362 e. The molecule has 0 spiro atoms. The van der Waals surface area contributed by atoms with Crippen LogP contribution in [-0.2, 0) is 0 Å². The van der Waals surface area contributed by atoms with Crippen LogP contribution in [0.4, 0.5) is 5.82 Å². The van der Waals surface area contributed by atoms with Gasteiger partial charge in [-0.3, -0.25) is 9.78 Å². The summed E-state index contributed by atoms with van der Waals surface area (Å²) < 4.78 is 0. The highest BCUT2D eigenvalue weighted by atomic mass is 16.1. The molecule has 2 aromatic rings. The molecule has 5 heteroatoms. The number of aromatic nitrogens is 3. The number of H-pyrrole nitrogens is 1. The third-order valence-electron chi connectivity index (χ3n) is 3.73. The average Bonchev–Trinajstić information content (AvgIpc) is 2.47. The molecule has 0 radical (unpaired) electrons. The number of piperidine rings is 1. The quantitative estimate of drug-likeness (QED) is 0.904. The second kappa shape index (κ2) is 5.45. The van der Waals surface area contributed by atoms with Crippen LogP contribution < -0.4 is 10.3 Å². The first-order valence-electron chi connectivity index (χ1n) is 6.94. The Hall–Kier alpha value is -2.17. The van der Waals surface area contributed by atoms with Gasteiger partial charge in [-0.2, -0.15) is 0 Å². The van der Waals surface area contributed by atoms with Gasteiger partial charge in [-0.15, -0.1) is 0 Å². The first kappa shape index (κ1) is 12.8. The highest BCUT2D eigenvalue weighted by Crippen LogP contribution is 2.27. The summed E-state index contributed by atoms with van der Waals surface area (Å²) in [6, 6.07) is 3.35. The van der Waals surface area contributed by atoms with Crippen molar-refractivity contribution in [2.24, 2.45) is 0 Å². The summed E-state index contributed by atoms with van der Waals surface area (Å²) in [6.07, 6.45) is 7.38. The van der Waals surface area contributed by atoms with Gasteiger partial charge >= 0.3 is 0 Å². The SMILES string of the molecule is Cc1cc(=O)cc([C@@H]2CCCN(c3cnccn3)C2)[nH]1. The molecule has 0 aliphatic carbocycles. The maximum absolute atomic E-state index is 11.6. The van der Waals surface area contributed by atoms with Crippen molar-refractivity contribution in [3.63, 3.8) is 0 Å². The molecule has 1 N–H and O–H groups in total. The van der Waals surface area contributed by atoms with Gasteiger partial charge in [-0.05, 0) is 19.8 Å². The lowest BCUT2D eigenvalue weighted by Crippen LogP contribution is -2.35. The van der Waals surface area contributed by atoms with Crippen LogP contribution in [0.5, 0.6) is 0 Å². The first-order chi connectivity index (χ1) is 9.72. The minimum atomic E-state index is 0.0767. The van der Waals surface area contributed by atoms with Gasteiger partial charge in [0, 0.05) is 54.9 Å². The molecule has 20 heavy (non-hydrogen) atoms. The van der Waals surface area contributed by atoms with E-state index in [1.165, 1.54) is 0 Å². The largest absolute Gasteiger partial charge is 0.362 e. The van der Waals surface area contributed by atoms with Crippen LogP contribution in [0, 0.1) is 6.92 Å². The molecular weight excluding hydrogens is 252 g/mol. The van der Waals surface area contributed by atoms with Crippen LogP contribution in [0.15, 0.2) is 35.5 Å². The van der Waals surface area contributed by atoms with Crippen LogP contribution in [-0.4, -0.2) is 28.0 Å². The standard InChI is InChI=1S/C15H18N4O/c1-11-7-13(20)8-14(18-11)12-3-2-6-19(10-12)15-9-16-4-5-17-15/h4-5,7-9,12H,2-3,6,10H2,1H3,(H,18,20)/t12-/m1/s1. The van der Waals surface area contributed by atoms with E-state index in [9.17, 15) is 4.79 Å². The van der Waals surface area contributed by atoms with Crippen molar-refractivity contribution in [1.82, 2.24) is 15.0 Å². The van der Waals surface area contributed by atoms with Crippen LogP contribution in [0.1, 0.15) is 30.1 Å². The molecule has 1 aliphatic heterocycles. The Balaban J connectivity index is 1.83. The molecule has 0 unspecified atom stereocenters. The molecule has 0 saturated carbocycles. The maximum Gasteiger partial charge on any atom is 0.182 e. The molecular formula is C15H18N4O. The van der Waals surface area contributed by atoms with E-state index >= 15 is 0 Å². The molecule has 1 saturated heterocycles. The first-order valence-corrected chi connectivity index (χ1v) is 6.94. The highest BCUT2D eigenvalue weighted by Gasteiger charge is 2.23. The van der Waals surface area contributed by atoms with Gasteiger partial charge in [0.15, 0.2) is 5.43 Å². The fourth-order valence-corrected chi connectivity index (χ4v) is 2.82. The van der Waals surface area contributed by atoms with E-state index in [2.05, 4.69) is 19.9 Å². The molecule has 0 bridgehead atoms. The van der Waals surface area contributed by atoms with Crippen LogP contribution in [0.2, 0.25) is 0 Å². The van der Waals surface area contributed by atoms with Gasteiger partial charge in [0.25, 0.3) is 0 Å². The predicted octanol–water partition coefficient (Wildman–Crippen LogP) is 1.86. The van der Waals surface area contributed by atoms with Crippen LogP contribution in [0.3, 0.4) is 0 Å². The number of aryl methyl sites for hydroxylation is 1. The molecule has 2 aromatic heterocycles. The highest BCUT2D eigenvalue weighted by molar-refractivity contribution is 5.37. The fraction of sp³-hybridized carbons (Fsp3) is 0.400. The van der Waals surface area contributed by atoms with E-state index in [1.54, 1.807) is 30.7 Å². The van der Waals surface area contributed by atoms with Gasteiger partial charge < -0.3 is 9.88 Å². The Morgan fingerprint density at radius 2 is 2.25 bits per heavy atom. The van der Waals surface area contributed by atoms with E-state index in [4.69, 9.17) is 0 Å². The molecule has 0 aromatic carbocycles. The Morgan fingerprint density at radius 3 is 3.00 bits per heavy atom. The summed E-state index contributed by atoms with van der Waals surface area (Å²) in [6.45, 7) is 3.79. The topological polar surface area (TPSA) is 61.9 Å². The zero-order chi connectivity index (χ0) is 13.9. The molecule has 1 fully saturated rings. The van der Waals surface area contributed by atoms with Crippen LogP contribution >= 0.6 is 0 Å². The third-order valence-corrected chi connectivity index (χ3v) is 3.73. The number of aromatic amines is 1. The third kappa shape index (κ3) is 2.71. The molecule has 5 nitrogen and oxygen atoms in total. The summed E-state index contributed by atoms with van der Waals surface area (Å²) >= 11 is 0. The summed E-state index contributed by atoms with van der Waals surface area (Å²) in [5, 5.41) is 0. The Labute approximate surface area is 117 Å². The lowest BCUT2D eigenvalue weighted by atomic mass is 9.94.